The summed E-state index contributed by atoms with van der Waals surface area (Å²) in [5.74, 6) is 0.434. The normalized spacial score (nSPS) is 19.6. The van der Waals surface area contributed by atoms with Gasteiger partial charge in [0.15, 0.2) is 0 Å². The number of piperidine rings is 1. The fourth-order valence-electron chi connectivity index (χ4n) is 5.02. The van der Waals surface area contributed by atoms with E-state index >= 15 is 4.39 Å². The molecule has 0 aliphatic carbocycles. The molecule has 1 saturated heterocycles. The fraction of sp³-hybridized carbons (Fsp3) is 0.481. The van der Waals surface area contributed by atoms with Crippen LogP contribution >= 0.6 is 11.8 Å². The molecule has 6 nitrogen and oxygen atoms in total. The average Bonchev–Trinajstić information content (AvgIpc) is 3.29. The molecule has 0 amide bonds. The number of carboxylic acid groups (broad SMARTS) is 1. The van der Waals surface area contributed by atoms with E-state index in [1.807, 2.05) is 49.3 Å². The maximum absolute atomic E-state index is 15.4. The van der Waals surface area contributed by atoms with Crippen LogP contribution in [0.15, 0.2) is 53.8 Å². The van der Waals surface area contributed by atoms with Crippen molar-refractivity contribution in [3.05, 3.63) is 54.4 Å². The van der Waals surface area contributed by atoms with E-state index in [0.717, 1.165) is 42.6 Å². The first-order valence-electron chi connectivity index (χ1n) is 12.2. The third-order valence-electron chi connectivity index (χ3n) is 7.03. The van der Waals surface area contributed by atoms with Crippen molar-refractivity contribution < 1.29 is 19.0 Å². The number of carboxylic acids is 1. The topological polar surface area (TPSA) is 67.6 Å². The zero-order valence-electron chi connectivity index (χ0n) is 20.4. The van der Waals surface area contributed by atoms with Gasteiger partial charge in [-0.05, 0) is 86.7 Å². The van der Waals surface area contributed by atoms with Gasteiger partial charge in [0.25, 0.3) is 0 Å². The number of carbonyl (C=O) groups is 1. The summed E-state index contributed by atoms with van der Waals surface area (Å²) < 4.78 is 22.8. The van der Waals surface area contributed by atoms with E-state index in [4.69, 9.17) is 4.74 Å². The number of benzene rings is 1. The number of rotatable bonds is 11. The lowest BCUT2D eigenvalue weighted by molar-refractivity contribution is -0.146. The Hall–Kier alpha value is -2.58. The Morgan fingerprint density at radius 1 is 1.34 bits per heavy atom. The Balaban J connectivity index is 1.30. The van der Waals surface area contributed by atoms with Crippen LogP contribution in [0.4, 0.5) is 4.39 Å². The highest BCUT2D eigenvalue weighted by Gasteiger charge is 2.34. The number of likely N-dealkylation sites (tertiary alicyclic amines) is 1. The number of fused-ring (bicyclic) bond motifs is 1. The van der Waals surface area contributed by atoms with Gasteiger partial charge in [-0.3, -0.25) is 9.78 Å². The smallest absolute Gasteiger partial charge is 0.308 e. The lowest BCUT2D eigenvalue weighted by Crippen LogP contribution is -2.44. The minimum atomic E-state index is -1.17. The summed E-state index contributed by atoms with van der Waals surface area (Å²) in [5.41, 5.74) is 1.32. The number of pyridine rings is 1. The van der Waals surface area contributed by atoms with Crippen LogP contribution in [0, 0.1) is 11.8 Å². The number of hydrogen-bond donors (Lipinski definition) is 1. The summed E-state index contributed by atoms with van der Waals surface area (Å²) in [6.07, 6.45) is 5.17. The maximum Gasteiger partial charge on any atom is 0.308 e. The van der Waals surface area contributed by atoms with E-state index in [1.165, 1.54) is 5.03 Å². The van der Waals surface area contributed by atoms with E-state index in [0.29, 0.717) is 30.7 Å². The number of aryl methyl sites for hydroxylation is 1. The highest BCUT2D eigenvalue weighted by Crippen LogP contribution is 2.35. The van der Waals surface area contributed by atoms with Gasteiger partial charge in [-0.1, -0.05) is 0 Å². The fourth-order valence-corrected chi connectivity index (χ4v) is 5.94. The van der Waals surface area contributed by atoms with Gasteiger partial charge < -0.3 is 19.3 Å². The van der Waals surface area contributed by atoms with Crippen molar-refractivity contribution in [1.82, 2.24) is 14.5 Å². The molecule has 188 valence electrons. The van der Waals surface area contributed by atoms with Crippen molar-refractivity contribution in [3.8, 4) is 5.75 Å². The molecule has 3 aromatic rings. The lowest BCUT2D eigenvalue weighted by atomic mass is 9.81. The van der Waals surface area contributed by atoms with Gasteiger partial charge >= 0.3 is 5.97 Å². The van der Waals surface area contributed by atoms with Crippen LogP contribution < -0.4 is 4.74 Å². The molecule has 0 bridgehead atoms. The van der Waals surface area contributed by atoms with Crippen molar-refractivity contribution in [2.24, 2.45) is 18.9 Å². The minimum absolute atomic E-state index is 0.0117. The molecule has 1 aromatic carbocycles. The van der Waals surface area contributed by atoms with Crippen LogP contribution in [0.3, 0.4) is 0 Å². The molecule has 1 fully saturated rings. The molecule has 4 rings (SSSR count). The van der Waals surface area contributed by atoms with Crippen molar-refractivity contribution >= 4 is 28.6 Å². The molecule has 2 aromatic heterocycles. The Morgan fingerprint density at radius 2 is 2.20 bits per heavy atom. The largest absolute Gasteiger partial charge is 0.497 e. The maximum atomic E-state index is 15.4. The third-order valence-corrected chi connectivity index (χ3v) is 8.25. The molecule has 1 N–H and O–H groups in total. The second-order valence-corrected chi connectivity index (χ2v) is 10.4. The molecule has 3 atom stereocenters. The highest BCUT2D eigenvalue weighted by atomic mass is 32.2. The van der Waals surface area contributed by atoms with E-state index in [9.17, 15) is 9.90 Å². The molecule has 0 unspecified atom stereocenters. The van der Waals surface area contributed by atoms with Gasteiger partial charge in [-0.15, -0.1) is 11.8 Å². The second-order valence-electron chi connectivity index (χ2n) is 9.28. The summed E-state index contributed by atoms with van der Waals surface area (Å²) >= 11 is 1.83. The molecule has 0 spiro atoms. The summed E-state index contributed by atoms with van der Waals surface area (Å²) in [5, 5.41) is 11.9. The first kappa shape index (κ1) is 25.5. The Bertz CT molecular complexity index is 1140. The molecular weight excluding hydrogens is 465 g/mol. The molecule has 0 saturated carbocycles. The Kier molecular flexibility index (Phi) is 8.68. The number of thioether (sulfide) groups is 1. The zero-order valence-corrected chi connectivity index (χ0v) is 21.2. The van der Waals surface area contributed by atoms with E-state index in [1.54, 1.807) is 19.4 Å². The molecule has 1 aliphatic rings. The quantitative estimate of drug-likeness (QED) is 0.275. The third kappa shape index (κ3) is 6.35. The number of hydrogen-bond acceptors (Lipinski definition) is 5. The molecule has 1 aliphatic heterocycles. The number of alkyl halides is 1. The van der Waals surface area contributed by atoms with E-state index < -0.39 is 18.1 Å². The number of halogens is 1. The molecule has 3 heterocycles. The summed E-state index contributed by atoms with van der Waals surface area (Å²) in [6.45, 7) is 2.31. The summed E-state index contributed by atoms with van der Waals surface area (Å²) in [4.78, 5) is 18.6. The van der Waals surface area contributed by atoms with Gasteiger partial charge in [-0.2, -0.15) is 0 Å². The van der Waals surface area contributed by atoms with Crippen LogP contribution in [0.1, 0.15) is 37.4 Å². The van der Waals surface area contributed by atoms with Crippen molar-refractivity contribution in [3.63, 3.8) is 0 Å². The van der Waals surface area contributed by atoms with Crippen LogP contribution in [-0.4, -0.2) is 58.0 Å². The van der Waals surface area contributed by atoms with E-state index in [-0.39, 0.29) is 5.92 Å². The Labute approximate surface area is 210 Å². The van der Waals surface area contributed by atoms with Gasteiger partial charge in [-0.25, -0.2) is 4.39 Å². The summed E-state index contributed by atoms with van der Waals surface area (Å²) in [7, 11) is 3.63. The van der Waals surface area contributed by atoms with Crippen LogP contribution in [0.5, 0.6) is 5.75 Å². The summed E-state index contributed by atoms with van der Waals surface area (Å²) in [6, 6.07) is 11.3. The van der Waals surface area contributed by atoms with Crippen LogP contribution in [0.25, 0.3) is 10.9 Å². The van der Waals surface area contributed by atoms with Gasteiger partial charge in [0.1, 0.15) is 11.9 Å². The molecular formula is C27H34FN3O3S. The SMILES string of the molecule is COc1ccc2nccc([C@@H](F)CC[C@@H]3CCN(CCCSc4cccn4C)C[C@@H]3C(=O)O)c2c1. The van der Waals surface area contributed by atoms with E-state index in [2.05, 4.69) is 20.5 Å². The van der Waals surface area contributed by atoms with Crippen molar-refractivity contribution in [1.29, 1.82) is 0 Å². The standard InChI is InChI=1S/C27H34FN3O3S/c1-30-13-3-5-26(30)35-16-4-14-31-15-11-19(23(18-31)27(32)33)6-8-24(28)21-10-12-29-25-9-7-20(34-2)17-22(21)25/h3,5,7,9-10,12-13,17,19,23-24H,4,6,8,11,14-16,18H2,1-2H3,(H,32,33)/t19-,23+,24+/m1/s1. The first-order chi connectivity index (χ1) is 17.0. The number of aliphatic carboxylic acids is 1. The number of ether oxygens (including phenoxy) is 1. The minimum Gasteiger partial charge on any atom is -0.497 e. The monoisotopic (exact) mass is 499 g/mol. The zero-order chi connectivity index (χ0) is 24.8. The number of aromatic nitrogens is 2. The van der Waals surface area contributed by atoms with Gasteiger partial charge in [0, 0.05) is 37.1 Å². The highest BCUT2D eigenvalue weighted by molar-refractivity contribution is 7.99. The van der Waals surface area contributed by atoms with Gasteiger partial charge in [0.2, 0.25) is 0 Å². The molecule has 35 heavy (non-hydrogen) atoms. The predicted molar refractivity (Wildman–Crippen MR) is 138 cm³/mol. The lowest BCUT2D eigenvalue weighted by Gasteiger charge is -2.36. The number of nitrogens with zero attached hydrogens (tertiary/aromatic N) is 3. The molecule has 8 heteroatoms. The number of methoxy groups -OCH3 is 1. The average molecular weight is 500 g/mol. The van der Waals surface area contributed by atoms with Crippen LogP contribution in [-0.2, 0) is 11.8 Å². The van der Waals surface area contributed by atoms with Crippen LogP contribution in [0.2, 0.25) is 0 Å². The predicted octanol–water partition coefficient (Wildman–Crippen LogP) is 5.58. The van der Waals surface area contributed by atoms with Gasteiger partial charge in [0.05, 0.1) is 23.6 Å². The second kappa shape index (κ2) is 11.9. The van der Waals surface area contributed by atoms with Crippen molar-refractivity contribution in [2.75, 3.05) is 32.5 Å². The Morgan fingerprint density at radius 3 is 2.94 bits per heavy atom. The van der Waals surface area contributed by atoms with Crippen molar-refractivity contribution in [2.45, 2.75) is 36.9 Å². The molecule has 0 radical (unpaired) electrons. The first-order valence-corrected chi connectivity index (χ1v) is 13.2.